The van der Waals surface area contributed by atoms with Crippen LogP contribution in [0, 0.1) is 5.92 Å². The van der Waals surface area contributed by atoms with Gasteiger partial charge in [0.2, 0.25) is 0 Å². The fourth-order valence-electron chi connectivity index (χ4n) is 1.95. The summed E-state index contributed by atoms with van der Waals surface area (Å²) < 4.78 is 5.69. The third-order valence-corrected chi connectivity index (χ3v) is 3.49. The van der Waals surface area contributed by atoms with E-state index in [4.69, 9.17) is 10.5 Å². The van der Waals surface area contributed by atoms with Crippen molar-refractivity contribution in [1.82, 2.24) is 0 Å². The molecule has 1 atom stereocenters. The van der Waals surface area contributed by atoms with Crippen molar-refractivity contribution in [2.45, 2.75) is 32.7 Å². The zero-order valence-electron chi connectivity index (χ0n) is 9.71. The number of benzene rings is 1. The topological polar surface area (TPSA) is 35.2 Å². The highest BCUT2D eigenvalue weighted by molar-refractivity contribution is 5.47. The van der Waals surface area contributed by atoms with E-state index < -0.39 is 0 Å². The number of hydrogen-bond donors (Lipinski definition) is 1. The summed E-state index contributed by atoms with van der Waals surface area (Å²) in [6, 6.07) is 6.29. The summed E-state index contributed by atoms with van der Waals surface area (Å²) in [5, 5.41) is 0. The zero-order chi connectivity index (χ0) is 11.1. The van der Waals surface area contributed by atoms with E-state index in [-0.39, 0.29) is 5.54 Å². The Balaban J connectivity index is 2.49. The minimum Gasteiger partial charge on any atom is -0.493 e. The van der Waals surface area contributed by atoms with Crippen molar-refractivity contribution >= 4 is 0 Å². The fraction of sp³-hybridized carbons (Fsp3) is 0.538. The molecule has 1 aliphatic rings. The molecule has 1 aromatic carbocycles. The smallest absolute Gasteiger partial charge is 0.127 e. The van der Waals surface area contributed by atoms with Crippen molar-refractivity contribution in [2.24, 2.45) is 11.7 Å². The Morgan fingerprint density at radius 2 is 2.13 bits per heavy atom. The summed E-state index contributed by atoms with van der Waals surface area (Å²) >= 11 is 0. The average Bonchev–Trinajstić information content (AvgIpc) is 2.64. The van der Waals surface area contributed by atoms with E-state index in [9.17, 15) is 0 Å². The van der Waals surface area contributed by atoms with Crippen LogP contribution in [-0.2, 0) is 12.0 Å². The van der Waals surface area contributed by atoms with Gasteiger partial charge < -0.3 is 10.5 Å². The minimum absolute atomic E-state index is 0.310. The van der Waals surface area contributed by atoms with Crippen LogP contribution in [0.3, 0.4) is 0 Å². The third kappa shape index (κ3) is 1.63. The van der Waals surface area contributed by atoms with Gasteiger partial charge in [0.1, 0.15) is 5.75 Å². The Labute approximate surface area is 91.4 Å². The van der Waals surface area contributed by atoms with Crippen molar-refractivity contribution < 1.29 is 4.74 Å². The van der Waals surface area contributed by atoms with Crippen molar-refractivity contribution in [1.29, 1.82) is 0 Å². The average molecular weight is 205 g/mol. The molecule has 2 heteroatoms. The van der Waals surface area contributed by atoms with E-state index in [0.717, 1.165) is 24.3 Å². The predicted octanol–water partition coefficient (Wildman–Crippen LogP) is 2.45. The van der Waals surface area contributed by atoms with Gasteiger partial charge in [-0.2, -0.15) is 0 Å². The van der Waals surface area contributed by atoms with Gasteiger partial charge >= 0.3 is 0 Å². The van der Waals surface area contributed by atoms with Crippen LogP contribution >= 0.6 is 0 Å². The lowest BCUT2D eigenvalue weighted by atomic mass is 9.81. The van der Waals surface area contributed by atoms with Crippen LogP contribution in [0.1, 0.15) is 31.9 Å². The molecule has 82 valence electrons. The number of fused-ring (bicyclic) bond motifs is 1. The quantitative estimate of drug-likeness (QED) is 0.805. The Morgan fingerprint density at radius 1 is 1.40 bits per heavy atom. The number of hydrogen-bond acceptors (Lipinski definition) is 2. The van der Waals surface area contributed by atoms with E-state index in [2.05, 4.69) is 39.0 Å². The first-order valence-corrected chi connectivity index (χ1v) is 5.57. The molecule has 2 nitrogen and oxygen atoms in total. The number of ether oxygens (including phenoxy) is 1. The molecule has 1 aliphatic heterocycles. The molecule has 0 aromatic heterocycles. The number of nitrogens with two attached hydrogens (primary N) is 1. The largest absolute Gasteiger partial charge is 0.493 e. The molecule has 0 saturated carbocycles. The normalized spacial score (nSPS) is 18.5. The Bertz CT molecular complexity index is 369. The van der Waals surface area contributed by atoms with Crippen molar-refractivity contribution in [3.05, 3.63) is 29.3 Å². The lowest BCUT2D eigenvalue weighted by molar-refractivity contribution is 0.312. The van der Waals surface area contributed by atoms with Crippen LogP contribution in [-0.4, -0.2) is 6.61 Å². The monoisotopic (exact) mass is 205 g/mol. The molecule has 0 bridgehead atoms. The molecule has 1 heterocycles. The van der Waals surface area contributed by atoms with E-state index in [1.807, 2.05) is 0 Å². The van der Waals surface area contributed by atoms with Gasteiger partial charge in [-0.3, -0.25) is 0 Å². The van der Waals surface area contributed by atoms with Gasteiger partial charge in [-0.25, -0.2) is 0 Å². The zero-order valence-corrected chi connectivity index (χ0v) is 9.71. The highest BCUT2D eigenvalue weighted by Crippen LogP contribution is 2.38. The Hall–Kier alpha value is -1.02. The van der Waals surface area contributed by atoms with Gasteiger partial charge in [-0.1, -0.05) is 32.0 Å². The van der Waals surface area contributed by atoms with Crippen LogP contribution in [0.5, 0.6) is 5.75 Å². The van der Waals surface area contributed by atoms with E-state index in [0.29, 0.717) is 5.92 Å². The molecular formula is C13H19NO. The maximum absolute atomic E-state index is 6.37. The highest BCUT2D eigenvalue weighted by atomic mass is 16.5. The summed E-state index contributed by atoms with van der Waals surface area (Å²) in [6.45, 7) is 7.16. The SMILES string of the molecule is CC(C)C(C)(N)c1cccc2c1OCC2. The number of rotatable bonds is 2. The summed E-state index contributed by atoms with van der Waals surface area (Å²) in [5.41, 5.74) is 8.51. The molecule has 2 N–H and O–H groups in total. The van der Waals surface area contributed by atoms with Gasteiger partial charge in [-0.15, -0.1) is 0 Å². The Morgan fingerprint density at radius 3 is 2.80 bits per heavy atom. The first kappa shape index (κ1) is 10.5. The lowest BCUT2D eigenvalue weighted by Crippen LogP contribution is -2.38. The molecular weight excluding hydrogens is 186 g/mol. The second kappa shape index (κ2) is 3.53. The van der Waals surface area contributed by atoms with Gasteiger partial charge in [0.15, 0.2) is 0 Å². The molecule has 0 saturated heterocycles. The van der Waals surface area contributed by atoms with Gasteiger partial charge in [-0.05, 0) is 18.4 Å². The molecule has 0 radical (unpaired) electrons. The van der Waals surface area contributed by atoms with Crippen LogP contribution in [0.15, 0.2) is 18.2 Å². The van der Waals surface area contributed by atoms with Gasteiger partial charge in [0.05, 0.1) is 6.61 Å². The van der Waals surface area contributed by atoms with Crippen molar-refractivity contribution in [2.75, 3.05) is 6.61 Å². The van der Waals surface area contributed by atoms with Crippen LogP contribution in [0.2, 0.25) is 0 Å². The van der Waals surface area contributed by atoms with Gasteiger partial charge in [0, 0.05) is 17.5 Å². The van der Waals surface area contributed by atoms with Crippen LogP contribution in [0.4, 0.5) is 0 Å². The van der Waals surface area contributed by atoms with Crippen molar-refractivity contribution in [3.63, 3.8) is 0 Å². The molecule has 0 spiro atoms. The number of para-hydroxylation sites is 1. The predicted molar refractivity (Wildman–Crippen MR) is 62.0 cm³/mol. The molecule has 0 amide bonds. The van der Waals surface area contributed by atoms with Crippen LogP contribution < -0.4 is 10.5 Å². The lowest BCUT2D eigenvalue weighted by Gasteiger charge is -2.31. The molecule has 0 fully saturated rings. The van der Waals surface area contributed by atoms with Crippen LogP contribution in [0.25, 0.3) is 0 Å². The van der Waals surface area contributed by atoms with Crippen molar-refractivity contribution in [3.8, 4) is 5.75 Å². The molecule has 0 aliphatic carbocycles. The summed E-state index contributed by atoms with van der Waals surface area (Å²) in [6.07, 6.45) is 1.01. The van der Waals surface area contributed by atoms with Gasteiger partial charge in [0.25, 0.3) is 0 Å². The maximum Gasteiger partial charge on any atom is 0.127 e. The molecule has 15 heavy (non-hydrogen) atoms. The Kier molecular flexibility index (Phi) is 2.47. The third-order valence-electron chi connectivity index (χ3n) is 3.49. The van der Waals surface area contributed by atoms with E-state index in [1.54, 1.807) is 0 Å². The molecule has 2 rings (SSSR count). The fourth-order valence-corrected chi connectivity index (χ4v) is 1.95. The summed E-state index contributed by atoms with van der Waals surface area (Å²) in [7, 11) is 0. The highest BCUT2D eigenvalue weighted by Gasteiger charge is 2.31. The second-order valence-corrected chi connectivity index (χ2v) is 4.83. The molecule has 1 unspecified atom stereocenters. The standard InChI is InChI=1S/C13H19NO/c1-9(2)13(3,14)11-6-4-5-10-7-8-15-12(10)11/h4-6,9H,7-8,14H2,1-3H3. The van der Waals surface area contributed by atoms with E-state index >= 15 is 0 Å². The summed E-state index contributed by atoms with van der Waals surface area (Å²) in [5.74, 6) is 1.42. The maximum atomic E-state index is 6.37. The second-order valence-electron chi connectivity index (χ2n) is 4.83. The van der Waals surface area contributed by atoms with E-state index in [1.165, 1.54) is 5.56 Å². The first-order valence-electron chi connectivity index (χ1n) is 5.57. The minimum atomic E-state index is -0.310. The first-order chi connectivity index (χ1) is 7.03. The summed E-state index contributed by atoms with van der Waals surface area (Å²) in [4.78, 5) is 0. The molecule has 1 aromatic rings.